The third-order valence-electron chi connectivity index (χ3n) is 4.09. The number of halogens is 1. The van der Waals surface area contributed by atoms with E-state index in [2.05, 4.69) is 5.32 Å². The topological polar surface area (TPSA) is 41.5 Å². The van der Waals surface area contributed by atoms with Gasteiger partial charge in [0.1, 0.15) is 5.75 Å². The molecule has 0 saturated heterocycles. The van der Waals surface area contributed by atoms with Crippen LogP contribution in [0.25, 0.3) is 0 Å². The molecule has 19 heavy (non-hydrogen) atoms. The van der Waals surface area contributed by atoms with Gasteiger partial charge in [0.25, 0.3) is 0 Å². The van der Waals surface area contributed by atoms with Crippen LogP contribution in [0.4, 0.5) is 0 Å². The smallest absolute Gasteiger partial charge is 0.122 e. The van der Waals surface area contributed by atoms with Gasteiger partial charge in [-0.3, -0.25) is 0 Å². The van der Waals surface area contributed by atoms with Crippen LogP contribution in [0.2, 0.25) is 5.02 Å². The van der Waals surface area contributed by atoms with E-state index in [9.17, 15) is 5.11 Å². The Morgan fingerprint density at radius 1 is 1.42 bits per heavy atom. The summed E-state index contributed by atoms with van der Waals surface area (Å²) in [6.45, 7) is 0. The number of hydrogen-bond acceptors (Lipinski definition) is 3. The molecule has 2 N–H and O–H groups in total. The van der Waals surface area contributed by atoms with Crippen molar-refractivity contribution < 1.29 is 9.84 Å². The second kappa shape index (κ2) is 6.12. The molecule has 0 aromatic heterocycles. The predicted octanol–water partition coefficient (Wildman–Crippen LogP) is 2.78. The van der Waals surface area contributed by atoms with Crippen LogP contribution in [0.15, 0.2) is 18.2 Å². The van der Waals surface area contributed by atoms with Gasteiger partial charge in [-0.1, -0.05) is 11.6 Å². The molecule has 0 amide bonds. The van der Waals surface area contributed by atoms with Crippen LogP contribution in [-0.2, 0) is 6.42 Å². The number of methoxy groups -OCH3 is 1. The van der Waals surface area contributed by atoms with E-state index in [0.717, 1.165) is 37.0 Å². The molecular formula is C15H22ClNO2. The number of nitrogens with one attached hydrogen (secondary N) is 1. The summed E-state index contributed by atoms with van der Waals surface area (Å²) in [6, 6.07) is 6.09. The fraction of sp³-hybridized carbons (Fsp3) is 0.600. The first kappa shape index (κ1) is 14.6. The number of rotatable bonds is 4. The van der Waals surface area contributed by atoms with Crippen molar-refractivity contribution in [1.82, 2.24) is 5.32 Å². The molecule has 1 saturated carbocycles. The standard InChI is InChI=1S/C15H22ClNO2/c1-17-13-5-7-15(18,8-6-13)10-11-9-12(16)3-4-14(11)19-2/h3-4,9,13,17-18H,5-8,10H2,1-2H3. The minimum atomic E-state index is -0.634. The molecule has 0 radical (unpaired) electrons. The minimum Gasteiger partial charge on any atom is -0.496 e. The van der Waals surface area contributed by atoms with Gasteiger partial charge in [0.15, 0.2) is 0 Å². The molecule has 1 fully saturated rings. The van der Waals surface area contributed by atoms with Gasteiger partial charge >= 0.3 is 0 Å². The largest absolute Gasteiger partial charge is 0.496 e. The molecule has 1 aliphatic rings. The Hall–Kier alpha value is -0.770. The first-order chi connectivity index (χ1) is 9.06. The molecule has 3 nitrogen and oxygen atoms in total. The van der Waals surface area contributed by atoms with E-state index in [1.165, 1.54) is 0 Å². The molecule has 2 rings (SSSR count). The fourth-order valence-corrected chi connectivity index (χ4v) is 3.06. The Morgan fingerprint density at radius 3 is 2.68 bits per heavy atom. The normalized spacial score (nSPS) is 27.3. The highest BCUT2D eigenvalue weighted by atomic mass is 35.5. The lowest BCUT2D eigenvalue weighted by molar-refractivity contribution is -0.00283. The van der Waals surface area contributed by atoms with Gasteiger partial charge in [-0.25, -0.2) is 0 Å². The summed E-state index contributed by atoms with van der Waals surface area (Å²) in [5, 5.41) is 14.7. The van der Waals surface area contributed by atoms with Crippen LogP contribution in [-0.4, -0.2) is 30.9 Å². The van der Waals surface area contributed by atoms with E-state index < -0.39 is 5.60 Å². The molecule has 1 aliphatic carbocycles. The van der Waals surface area contributed by atoms with Crippen LogP contribution in [0.5, 0.6) is 5.75 Å². The van der Waals surface area contributed by atoms with Gasteiger partial charge in [0, 0.05) is 17.5 Å². The summed E-state index contributed by atoms with van der Waals surface area (Å²) in [7, 11) is 3.63. The zero-order chi connectivity index (χ0) is 13.9. The van der Waals surface area contributed by atoms with Gasteiger partial charge in [-0.15, -0.1) is 0 Å². The number of hydrogen-bond donors (Lipinski definition) is 2. The van der Waals surface area contributed by atoms with E-state index in [1.807, 2.05) is 25.2 Å². The molecule has 0 spiro atoms. The number of benzene rings is 1. The average Bonchev–Trinajstić information content (AvgIpc) is 2.39. The molecule has 0 aliphatic heterocycles. The summed E-state index contributed by atoms with van der Waals surface area (Å²) in [5.74, 6) is 0.800. The van der Waals surface area contributed by atoms with E-state index in [-0.39, 0.29) is 0 Å². The first-order valence-electron chi connectivity index (χ1n) is 6.78. The lowest BCUT2D eigenvalue weighted by atomic mass is 9.78. The van der Waals surface area contributed by atoms with Crippen LogP contribution < -0.4 is 10.1 Å². The molecule has 0 unspecified atom stereocenters. The van der Waals surface area contributed by atoms with Crippen molar-refractivity contribution in [2.45, 2.75) is 43.7 Å². The van der Waals surface area contributed by atoms with E-state index in [4.69, 9.17) is 16.3 Å². The maximum Gasteiger partial charge on any atom is 0.122 e. The highest BCUT2D eigenvalue weighted by Gasteiger charge is 2.33. The van der Waals surface area contributed by atoms with E-state index in [1.54, 1.807) is 7.11 Å². The monoisotopic (exact) mass is 283 g/mol. The fourth-order valence-electron chi connectivity index (χ4n) is 2.86. The maximum atomic E-state index is 10.7. The summed E-state index contributed by atoms with van der Waals surface area (Å²) in [4.78, 5) is 0. The van der Waals surface area contributed by atoms with E-state index >= 15 is 0 Å². The summed E-state index contributed by atoms with van der Waals surface area (Å²) in [6.07, 6.45) is 4.25. The second-order valence-electron chi connectivity index (χ2n) is 5.42. The van der Waals surface area contributed by atoms with Gasteiger partial charge in [-0.05, 0) is 56.5 Å². The quantitative estimate of drug-likeness (QED) is 0.893. The van der Waals surface area contributed by atoms with Gasteiger partial charge in [-0.2, -0.15) is 0 Å². The zero-order valence-electron chi connectivity index (χ0n) is 11.6. The van der Waals surface area contributed by atoms with Crippen LogP contribution in [0.3, 0.4) is 0 Å². The molecule has 4 heteroatoms. The first-order valence-corrected chi connectivity index (χ1v) is 7.16. The molecule has 0 heterocycles. The van der Waals surface area contributed by atoms with E-state index in [0.29, 0.717) is 17.5 Å². The Labute approximate surface area is 119 Å². The maximum absolute atomic E-state index is 10.7. The summed E-state index contributed by atoms with van der Waals surface area (Å²) < 4.78 is 5.35. The Morgan fingerprint density at radius 2 is 2.11 bits per heavy atom. The average molecular weight is 284 g/mol. The Kier molecular flexibility index (Phi) is 4.71. The second-order valence-corrected chi connectivity index (χ2v) is 5.86. The van der Waals surface area contributed by atoms with Crippen molar-refractivity contribution in [2.75, 3.05) is 14.2 Å². The van der Waals surface area contributed by atoms with Crippen molar-refractivity contribution in [3.63, 3.8) is 0 Å². The van der Waals surface area contributed by atoms with Crippen molar-refractivity contribution >= 4 is 11.6 Å². The molecule has 1 aromatic carbocycles. The lowest BCUT2D eigenvalue weighted by Crippen LogP contribution is -2.41. The predicted molar refractivity (Wildman–Crippen MR) is 78.0 cm³/mol. The number of aliphatic hydroxyl groups is 1. The van der Waals surface area contributed by atoms with Crippen molar-refractivity contribution in [3.05, 3.63) is 28.8 Å². The van der Waals surface area contributed by atoms with Crippen molar-refractivity contribution in [3.8, 4) is 5.75 Å². The summed E-state index contributed by atoms with van der Waals surface area (Å²) in [5.41, 5.74) is 0.353. The van der Waals surface area contributed by atoms with Crippen LogP contribution >= 0.6 is 11.6 Å². The van der Waals surface area contributed by atoms with Crippen LogP contribution in [0, 0.1) is 0 Å². The van der Waals surface area contributed by atoms with Gasteiger partial charge in [0.2, 0.25) is 0 Å². The van der Waals surface area contributed by atoms with Crippen molar-refractivity contribution in [1.29, 1.82) is 0 Å². The lowest BCUT2D eigenvalue weighted by Gasteiger charge is -2.36. The van der Waals surface area contributed by atoms with Gasteiger partial charge in [0.05, 0.1) is 12.7 Å². The van der Waals surface area contributed by atoms with Crippen molar-refractivity contribution in [2.24, 2.45) is 0 Å². The summed E-state index contributed by atoms with van der Waals surface area (Å²) >= 11 is 6.04. The third-order valence-corrected chi connectivity index (χ3v) is 4.32. The molecule has 0 atom stereocenters. The molecular weight excluding hydrogens is 262 g/mol. The number of ether oxygens (including phenoxy) is 1. The minimum absolute atomic E-state index is 0.529. The third kappa shape index (κ3) is 3.62. The van der Waals surface area contributed by atoms with Crippen LogP contribution in [0.1, 0.15) is 31.2 Å². The molecule has 1 aromatic rings. The van der Waals surface area contributed by atoms with Gasteiger partial charge < -0.3 is 15.2 Å². The molecule has 106 valence electrons. The SMILES string of the molecule is CNC1CCC(O)(Cc2cc(Cl)ccc2OC)CC1. The highest BCUT2D eigenvalue weighted by Crippen LogP contribution is 2.34. The zero-order valence-corrected chi connectivity index (χ0v) is 12.3. The Bertz CT molecular complexity index is 428. The Balaban J connectivity index is 2.10. The highest BCUT2D eigenvalue weighted by molar-refractivity contribution is 6.30. The molecule has 0 bridgehead atoms.